The Hall–Kier alpha value is -0.620. The van der Waals surface area contributed by atoms with Crippen LogP contribution in [0.1, 0.15) is 19.4 Å². The molecule has 102 valence electrons. The molecule has 0 aliphatic rings. The minimum atomic E-state index is -3.60. The Bertz CT molecular complexity index is 483. The minimum absolute atomic E-state index is 0.183. The highest BCUT2D eigenvalue weighted by molar-refractivity contribution is 7.89. The fourth-order valence-electron chi connectivity index (χ4n) is 1.40. The lowest BCUT2D eigenvalue weighted by atomic mass is 10.1. The Morgan fingerprint density at radius 1 is 1.28 bits per heavy atom. The predicted octanol–water partition coefficient (Wildman–Crippen LogP) is 1.52. The topological polar surface area (TPSA) is 66.4 Å². The van der Waals surface area contributed by atoms with Crippen LogP contribution in [0.2, 0.25) is 0 Å². The number of sulfonamides is 1. The Morgan fingerprint density at radius 3 is 2.28 bits per heavy atom. The highest BCUT2D eigenvalue weighted by Crippen LogP contribution is 2.14. The van der Waals surface area contributed by atoms with E-state index < -0.39 is 15.6 Å². The lowest BCUT2D eigenvalue weighted by Crippen LogP contribution is -2.46. The van der Waals surface area contributed by atoms with Crippen molar-refractivity contribution >= 4 is 21.6 Å². The first kappa shape index (κ1) is 15.4. The van der Waals surface area contributed by atoms with Gasteiger partial charge in [0.05, 0.1) is 17.0 Å². The molecule has 0 aliphatic carbocycles. The van der Waals surface area contributed by atoms with Gasteiger partial charge in [0.15, 0.2) is 0 Å². The average Bonchev–Trinajstić information content (AvgIpc) is 2.29. The lowest BCUT2D eigenvalue weighted by molar-refractivity contribution is 0.208. The van der Waals surface area contributed by atoms with Crippen LogP contribution in [0.15, 0.2) is 29.2 Å². The van der Waals surface area contributed by atoms with Gasteiger partial charge in [0.25, 0.3) is 0 Å². The molecule has 2 N–H and O–H groups in total. The molecule has 0 aromatic heterocycles. The quantitative estimate of drug-likeness (QED) is 0.781. The van der Waals surface area contributed by atoms with E-state index in [4.69, 9.17) is 16.7 Å². The Labute approximate surface area is 113 Å². The van der Waals surface area contributed by atoms with Gasteiger partial charge >= 0.3 is 0 Å². The summed E-state index contributed by atoms with van der Waals surface area (Å²) in [6.45, 7) is 2.97. The summed E-state index contributed by atoms with van der Waals surface area (Å²) in [6, 6.07) is 6.56. The summed E-state index contributed by atoms with van der Waals surface area (Å²) in [5, 5.41) is 9.08. The number of hydrogen-bond donors (Lipinski definition) is 2. The third-order valence-electron chi connectivity index (χ3n) is 2.42. The van der Waals surface area contributed by atoms with Crippen molar-refractivity contribution in [1.82, 2.24) is 4.72 Å². The number of nitrogens with one attached hydrogen (secondary N) is 1. The maximum Gasteiger partial charge on any atom is 0.241 e. The second-order valence-electron chi connectivity index (χ2n) is 4.73. The van der Waals surface area contributed by atoms with E-state index in [1.54, 1.807) is 26.0 Å². The Balaban J connectivity index is 2.92. The fourth-order valence-corrected chi connectivity index (χ4v) is 3.02. The van der Waals surface area contributed by atoms with E-state index in [9.17, 15) is 8.42 Å². The van der Waals surface area contributed by atoms with Gasteiger partial charge in [-0.1, -0.05) is 12.1 Å². The van der Waals surface area contributed by atoms with Crippen molar-refractivity contribution in [2.24, 2.45) is 0 Å². The van der Waals surface area contributed by atoms with E-state index in [0.29, 0.717) is 12.3 Å². The third kappa shape index (κ3) is 4.24. The van der Waals surface area contributed by atoms with Crippen molar-refractivity contribution in [1.29, 1.82) is 0 Å². The first-order valence-corrected chi connectivity index (χ1v) is 7.62. The number of alkyl halides is 1. The summed E-state index contributed by atoms with van der Waals surface area (Å²) in [5.41, 5.74) is 0.110. The summed E-state index contributed by atoms with van der Waals surface area (Å²) >= 11 is 5.61. The molecular weight excluding hydrogens is 274 g/mol. The highest BCUT2D eigenvalue weighted by Gasteiger charge is 2.25. The van der Waals surface area contributed by atoms with Crippen LogP contribution < -0.4 is 4.72 Å². The molecule has 0 saturated heterocycles. The molecule has 0 fully saturated rings. The van der Waals surface area contributed by atoms with E-state index in [1.807, 2.05) is 0 Å². The summed E-state index contributed by atoms with van der Waals surface area (Å²) < 4.78 is 26.5. The number of benzene rings is 1. The molecule has 0 saturated carbocycles. The third-order valence-corrected chi connectivity index (χ3v) is 4.33. The van der Waals surface area contributed by atoms with Gasteiger partial charge in [0, 0.05) is 5.88 Å². The number of halogens is 1. The summed E-state index contributed by atoms with van der Waals surface area (Å²) in [7, 11) is -3.60. The van der Waals surface area contributed by atoms with Crippen LogP contribution in [0.5, 0.6) is 0 Å². The monoisotopic (exact) mass is 291 g/mol. The minimum Gasteiger partial charge on any atom is -0.394 e. The van der Waals surface area contributed by atoms with Gasteiger partial charge in [-0.15, -0.1) is 11.6 Å². The molecule has 0 unspecified atom stereocenters. The molecule has 0 atom stereocenters. The summed E-state index contributed by atoms with van der Waals surface area (Å²) in [6.07, 6.45) is 0.706. The molecule has 0 aliphatic heterocycles. The first-order chi connectivity index (χ1) is 8.30. The van der Waals surface area contributed by atoms with Crippen molar-refractivity contribution in [2.45, 2.75) is 30.7 Å². The summed E-state index contributed by atoms with van der Waals surface area (Å²) in [5.74, 6) is 0.502. The van der Waals surface area contributed by atoms with Gasteiger partial charge in [-0.05, 0) is 38.0 Å². The SMILES string of the molecule is CC(C)(CO)NS(=O)(=O)c1ccc(CCCl)cc1. The van der Waals surface area contributed by atoms with Gasteiger partial charge in [-0.25, -0.2) is 13.1 Å². The van der Waals surface area contributed by atoms with Gasteiger partial charge < -0.3 is 5.11 Å². The first-order valence-electron chi connectivity index (χ1n) is 5.60. The molecule has 0 heterocycles. The largest absolute Gasteiger partial charge is 0.394 e. The van der Waals surface area contributed by atoms with Crippen molar-refractivity contribution in [3.63, 3.8) is 0 Å². The zero-order valence-corrected chi connectivity index (χ0v) is 12.1. The van der Waals surface area contributed by atoms with E-state index in [1.165, 1.54) is 12.1 Å². The number of aliphatic hydroxyl groups excluding tert-OH is 1. The normalized spacial score (nSPS) is 12.7. The van der Waals surface area contributed by atoms with Crippen LogP contribution in [-0.2, 0) is 16.4 Å². The van der Waals surface area contributed by atoms with Crippen molar-refractivity contribution in [3.05, 3.63) is 29.8 Å². The smallest absolute Gasteiger partial charge is 0.241 e. The number of aryl methyl sites for hydroxylation is 1. The number of hydrogen-bond acceptors (Lipinski definition) is 3. The average molecular weight is 292 g/mol. The second kappa shape index (κ2) is 6.02. The van der Waals surface area contributed by atoms with Crippen LogP contribution in [0.3, 0.4) is 0 Å². The van der Waals surface area contributed by atoms with Gasteiger partial charge in [-0.2, -0.15) is 0 Å². The molecule has 4 nitrogen and oxygen atoms in total. The zero-order chi connectivity index (χ0) is 13.8. The van der Waals surface area contributed by atoms with Crippen LogP contribution >= 0.6 is 11.6 Å². The summed E-state index contributed by atoms with van der Waals surface area (Å²) in [4.78, 5) is 0.183. The lowest BCUT2D eigenvalue weighted by Gasteiger charge is -2.23. The molecular formula is C12H18ClNO3S. The number of aliphatic hydroxyl groups is 1. The van der Waals surface area contributed by atoms with Crippen LogP contribution in [-0.4, -0.2) is 31.6 Å². The standard InChI is InChI=1S/C12H18ClNO3S/c1-12(2,9-15)14-18(16,17)11-5-3-10(4-6-11)7-8-13/h3-6,14-15H,7-9H2,1-2H3. The molecule has 1 aromatic rings. The molecule has 6 heteroatoms. The number of rotatable bonds is 6. The van der Waals surface area contributed by atoms with Crippen LogP contribution in [0, 0.1) is 0 Å². The Kier molecular flexibility index (Phi) is 5.16. The molecule has 0 spiro atoms. The second-order valence-corrected chi connectivity index (χ2v) is 6.79. The maximum atomic E-state index is 12.0. The fraction of sp³-hybridized carbons (Fsp3) is 0.500. The Morgan fingerprint density at radius 2 is 1.83 bits per heavy atom. The van der Waals surface area contributed by atoms with Gasteiger partial charge in [-0.3, -0.25) is 0 Å². The zero-order valence-electron chi connectivity index (χ0n) is 10.5. The van der Waals surface area contributed by atoms with E-state index in [0.717, 1.165) is 5.56 Å². The van der Waals surface area contributed by atoms with E-state index in [2.05, 4.69) is 4.72 Å². The maximum absolute atomic E-state index is 12.0. The van der Waals surface area contributed by atoms with Crippen molar-refractivity contribution < 1.29 is 13.5 Å². The highest BCUT2D eigenvalue weighted by atomic mass is 35.5. The van der Waals surface area contributed by atoms with Gasteiger partial charge in [0.2, 0.25) is 10.0 Å². The molecule has 1 rings (SSSR count). The van der Waals surface area contributed by atoms with E-state index in [-0.39, 0.29) is 11.5 Å². The molecule has 18 heavy (non-hydrogen) atoms. The van der Waals surface area contributed by atoms with Crippen LogP contribution in [0.25, 0.3) is 0 Å². The molecule has 0 bridgehead atoms. The van der Waals surface area contributed by atoms with Crippen molar-refractivity contribution in [3.8, 4) is 0 Å². The van der Waals surface area contributed by atoms with E-state index >= 15 is 0 Å². The van der Waals surface area contributed by atoms with Crippen LogP contribution in [0.4, 0.5) is 0 Å². The predicted molar refractivity (Wildman–Crippen MR) is 72.4 cm³/mol. The molecule has 0 radical (unpaired) electrons. The molecule has 0 amide bonds. The van der Waals surface area contributed by atoms with Crippen molar-refractivity contribution in [2.75, 3.05) is 12.5 Å². The molecule has 1 aromatic carbocycles. The van der Waals surface area contributed by atoms with Gasteiger partial charge in [0.1, 0.15) is 0 Å².